The van der Waals surface area contributed by atoms with Crippen LogP contribution >= 0.6 is 0 Å². The number of aliphatic hydroxyl groups is 1. The Balaban J connectivity index is 4.35. The lowest BCUT2D eigenvalue weighted by atomic mass is 9.97. The van der Waals surface area contributed by atoms with Gasteiger partial charge in [0, 0.05) is 0 Å². The lowest BCUT2D eigenvalue weighted by Crippen LogP contribution is -2.57. The maximum Gasteiger partial charge on any atom is 0.240 e. The van der Waals surface area contributed by atoms with E-state index in [1.54, 1.807) is 20.8 Å². The molecule has 0 saturated heterocycles. The number of aliphatic hydroxyl groups excluding tert-OH is 1. The third-order valence-corrected chi connectivity index (χ3v) is 2.13. The van der Waals surface area contributed by atoms with E-state index in [1.807, 2.05) is 6.92 Å². The third-order valence-electron chi connectivity index (χ3n) is 2.13. The van der Waals surface area contributed by atoms with Crippen molar-refractivity contribution < 1.29 is 9.90 Å². The summed E-state index contributed by atoms with van der Waals surface area (Å²) in [5.74, 6) is -0.245. The van der Waals surface area contributed by atoms with Gasteiger partial charge in [0.15, 0.2) is 0 Å². The molecule has 4 N–H and O–H groups in total. The smallest absolute Gasteiger partial charge is 0.240 e. The molecule has 0 aromatic carbocycles. The minimum absolute atomic E-state index is 0.0781. The quantitative estimate of drug-likeness (QED) is 0.581. The Morgan fingerprint density at radius 3 is 2.15 bits per heavy atom. The molecule has 0 fully saturated rings. The van der Waals surface area contributed by atoms with Crippen LogP contribution in [-0.2, 0) is 4.79 Å². The predicted molar refractivity (Wildman–Crippen MR) is 52.2 cm³/mol. The van der Waals surface area contributed by atoms with Crippen molar-refractivity contribution >= 4 is 5.91 Å². The van der Waals surface area contributed by atoms with Gasteiger partial charge in [-0.1, -0.05) is 6.92 Å². The lowest BCUT2D eigenvalue weighted by molar-refractivity contribution is -0.127. The summed E-state index contributed by atoms with van der Waals surface area (Å²) in [6.45, 7) is 6.88. The van der Waals surface area contributed by atoms with Crippen LogP contribution in [0.3, 0.4) is 0 Å². The molecule has 0 aromatic heterocycles. The summed E-state index contributed by atoms with van der Waals surface area (Å²) in [6, 6.07) is 0. The molecule has 1 unspecified atom stereocenters. The topological polar surface area (TPSA) is 75.3 Å². The average Bonchev–Trinajstić information content (AvgIpc) is 2.02. The first-order valence-electron chi connectivity index (χ1n) is 4.47. The molecule has 78 valence electrons. The lowest BCUT2D eigenvalue weighted by Gasteiger charge is -2.30. The first-order chi connectivity index (χ1) is 5.75. The fraction of sp³-hybridized carbons (Fsp3) is 0.889. The molecule has 13 heavy (non-hydrogen) atoms. The van der Waals surface area contributed by atoms with Crippen LogP contribution in [0, 0.1) is 0 Å². The van der Waals surface area contributed by atoms with Gasteiger partial charge in [0.2, 0.25) is 5.91 Å². The number of carbonyl (C=O) groups is 1. The molecule has 0 radical (unpaired) electrons. The van der Waals surface area contributed by atoms with Crippen molar-refractivity contribution in [2.24, 2.45) is 5.73 Å². The molecule has 0 aliphatic rings. The fourth-order valence-electron chi connectivity index (χ4n) is 0.675. The number of nitrogens with two attached hydrogens (primary N) is 1. The molecule has 0 bridgehead atoms. The van der Waals surface area contributed by atoms with Gasteiger partial charge < -0.3 is 16.2 Å². The van der Waals surface area contributed by atoms with Gasteiger partial charge in [0.1, 0.15) is 0 Å². The predicted octanol–water partition coefficient (Wildman–Crippen LogP) is 0.000900. The molecule has 0 saturated carbocycles. The second-order valence-electron chi connectivity index (χ2n) is 4.25. The standard InChI is InChI=1S/C9H20N2O2/c1-5-9(4,6-12)11-7(13)8(2,3)10/h12H,5-6,10H2,1-4H3,(H,11,13). The minimum Gasteiger partial charge on any atom is -0.394 e. The Morgan fingerprint density at radius 2 is 1.92 bits per heavy atom. The van der Waals surface area contributed by atoms with Crippen molar-refractivity contribution in [2.75, 3.05) is 6.61 Å². The van der Waals surface area contributed by atoms with Crippen LogP contribution in [0.1, 0.15) is 34.1 Å². The van der Waals surface area contributed by atoms with Gasteiger partial charge in [-0.05, 0) is 27.2 Å². The molecule has 4 nitrogen and oxygen atoms in total. The molecular formula is C9H20N2O2. The van der Waals surface area contributed by atoms with E-state index < -0.39 is 11.1 Å². The fourth-order valence-corrected chi connectivity index (χ4v) is 0.675. The van der Waals surface area contributed by atoms with Gasteiger partial charge in [0.05, 0.1) is 17.7 Å². The molecule has 1 amide bonds. The zero-order valence-corrected chi connectivity index (χ0v) is 8.85. The van der Waals surface area contributed by atoms with Crippen molar-refractivity contribution in [3.63, 3.8) is 0 Å². The van der Waals surface area contributed by atoms with Crippen LogP contribution in [-0.4, -0.2) is 28.7 Å². The summed E-state index contributed by atoms with van der Waals surface area (Å²) in [5, 5.41) is 11.8. The zero-order valence-electron chi connectivity index (χ0n) is 8.85. The van der Waals surface area contributed by atoms with Crippen molar-refractivity contribution in [1.82, 2.24) is 5.32 Å². The molecule has 0 aromatic rings. The van der Waals surface area contributed by atoms with E-state index in [-0.39, 0.29) is 12.5 Å². The molecular weight excluding hydrogens is 168 g/mol. The van der Waals surface area contributed by atoms with E-state index in [0.29, 0.717) is 6.42 Å². The van der Waals surface area contributed by atoms with Crippen molar-refractivity contribution in [3.05, 3.63) is 0 Å². The van der Waals surface area contributed by atoms with Gasteiger partial charge >= 0.3 is 0 Å². The van der Waals surface area contributed by atoms with E-state index in [2.05, 4.69) is 5.32 Å². The van der Waals surface area contributed by atoms with Gasteiger partial charge in [-0.25, -0.2) is 0 Å². The van der Waals surface area contributed by atoms with Crippen LogP contribution in [0.15, 0.2) is 0 Å². The van der Waals surface area contributed by atoms with Gasteiger partial charge in [-0.3, -0.25) is 4.79 Å². The first kappa shape index (κ1) is 12.4. The second kappa shape index (κ2) is 4.07. The van der Waals surface area contributed by atoms with E-state index in [0.717, 1.165) is 0 Å². The Morgan fingerprint density at radius 1 is 1.46 bits per heavy atom. The van der Waals surface area contributed by atoms with Crippen molar-refractivity contribution in [2.45, 2.75) is 45.2 Å². The normalized spacial score (nSPS) is 16.5. The largest absolute Gasteiger partial charge is 0.394 e. The van der Waals surface area contributed by atoms with E-state index in [9.17, 15) is 4.79 Å². The summed E-state index contributed by atoms with van der Waals surface area (Å²) in [4.78, 5) is 11.5. The molecule has 0 spiro atoms. The summed E-state index contributed by atoms with van der Waals surface area (Å²) in [5.41, 5.74) is 4.14. The summed E-state index contributed by atoms with van der Waals surface area (Å²) in [7, 11) is 0. The zero-order chi connectivity index (χ0) is 10.7. The monoisotopic (exact) mass is 188 g/mol. The number of carbonyl (C=O) groups excluding carboxylic acids is 1. The highest BCUT2D eigenvalue weighted by molar-refractivity contribution is 5.85. The molecule has 1 atom stereocenters. The number of rotatable bonds is 4. The highest BCUT2D eigenvalue weighted by Gasteiger charge is 2.29. The highest BCUT2D eigenvalue weighted by atomic mass is 16.3. The minimum atomic E-state index is -0.897. The number of amides is 1. The second-order valence-corrected chi connectivity index (χ2v) is 4.25. The van der Waals surface area contributed by atoms with Crippen molar-refractivity contribution in [3.8, 4) is 0 Å². The molecule has 0 aliphatic heterocycles. The Hall–Kier alpha value is -0.610. The molecule has 4 heteroatoms. The molecule has 0 heterocycles. The van der Waals surface area contributed by atoms with Crippen LogP contribution in [0.4, 0.5) is 0 Å². The van der Waals surface area contributed by atoms with E-state index in [4.69, 9.17) is 10.8 Å². The van der Waals surface area contributed by atoms with Crippen LogP contribution < -0.4 is 11.1 Å². The van der Waals surface area contributed by atoms with Crippen LogP contribution in [0.2, 0.25) is 0 Å². The molecule has 0 aliphatic carbocycles. The number of hydrogen-bond acceptors (Lipinski definition) is 3. The summed E-state index contributed by atoms with van der Waals surface area (Å²) < 4.78 is 0. The Kier molecular flexibility index (Phi) is 3.88. The number of nitrogens with one attached hydrogen (secondary N) is 1. The Labute approximate surface area is 79.5 Å². The Bertz CT molecular complexity index is 181. The van der Waals surface area contributed by atoms with Crippen molar-refractivity contribution in [1.29, 1.82) is 0 Å². The SMILES string of the molecule is CCC(C)(CO)NC(=O)C(C)(C)N. The first-order valence-corrected chi connectivity index (χ1v) is 4.47. The maximum atomic E-state index is 11.5. The van der Waals surface area contributed by atoms with E-state index >= 15 is 0 Å². The summed E-state index contributed by atoms with van der Waals surface area (Å²) in [6.07, 6.45) is 0.672. The summed E-state index contributed by atoms with van der Waals surface area (Å²) >= 11 is 0. The number of hydrogen-bond donors (Lipinski definition) is 3. The van der Waals surface area contributed by atoms with Gasteiger partial charge in [0.25, 0.3) is 0 Å². The maximum absolute atomic E-state index is 11.5. The molecule has 0 rings (SSSR count). The van der Waals surface area contributed by atoms with Crippen LogP contribution in [0.5, 0.6) is 0 Å². The van der Waals surface area contributed by atoms with Gasteiger partial charge in [-0.15, -0.1) is 0 Å². The van der Waals surface area contributed by atoms with Gasteiger partial charge in [-0.2, -0.15) is 0 Å². The third kappa shape index (κ3) is 3.74. The average molecular weight is 188 g/mol. The highest BCUT2D eigenvalue weighted by Crippen LogP contribution is 2.09. The van der Waals surface area contributed by atoms with E-state index in [1.165, 1.54) is 0 Å². The van der Waals surface area contributed by atoms with Crippen LogP contribution in [0.25, 0.3) is 0 Å².